The van der Waals surface area contributed by atoms with Crippen molar-refractivity contribution in [2.75, 3.05) is 0 Å². The predicted molar refractivity (Wildman–Crippen MR) is 64.6 cm³/mol. The average molecular weight is 300 g/mol. The Bertz CT molecular complexity index is 630. The fourth-order valence-corrected chi connectivity index (χ4v) is 1.91. The quantitative estimate of drug-likeness (QED) is 0.632. The molecular formula is C12H10F2N2O5. The van der Waals surface area contributed by atoms with E-state index in [1.165, 1.54) is 0 Å². The number of amides is 1. The topological polar surface area (TPSA) is 110 Å². The second-order valence-corrected chi connectivity index (χ2v) is 4.64. The van der Waals surface area contributed by atoms with Crippen molar-refractivity contribution < 1.29 is 28.4 Å². The van der Waals surface area contributed by atoms with Crippen LogP contribution in [0.3, 0.4) is 0 Å². The second kappa shape index (κ2) is 5.43. The lowest BCUT2D eigenvalue weighted by Crippen LogP contribution is -2.43. The van der Waals surface area contributed by atoms with Crippen LogP contribution in [-0.2, 0) is 4.79 Å². The van der Waals surface area contributed by atoms with Crippen LogP contribution in [0.25, 0.3) is 0 Å². The van der Waals surface area contributed by atoms with Crippen LogP contribution >= 0.6 is 0 Å². The molecule has 1 amide bonds. The van der Waals surface area contributed by atoms with E-state index in [-0.39, 0.29) is 5.92 Å². The van der Waals surface area contributed by atoms with Crippen molar-refractivity contribution in [1.82, 2.24) is 5.32 Å². The first-order chi connectivity index (χ1) is 9.82. The number of carbonyl (C=O) groups excluding carboxylic acids is 1. The number of carboxylic acid groups (broad SMARTS) is 1. The van der Waals surface area contributed by atoms with Crippen LogP contribution in [0.15, 0.2) is 12.1 Å². The van der Waals surface area contributed by atoms with Crippen molar-refractivity contribution in [2.24, 2.45) is 5.92 Å². The van der Waals surface area contributed by atoms with Gasteiger partial charge in [0.15, 0.2) is 0 Å². The molecule has 9 heteroatoms. The van der Waals surface area contributed by atoms with E-state index in [1.54, 1.807) is 0 Å². The van der Waals surface area contributed by atoms with Gasteiger partial charge in [0.25, 0.3) is 5.91 Å². The molecule has 1 aromatic carbocycles. The van der Waals surface area contributed by atoms with E-state index in [2.05, 4.69) is 0 Å². The summed E-state index contributed by atoms with van der Waals surface area (Å²) in [5, 5.41) is 21.5. The van der Waals surface area contributed by atoms with E-state index in [4.69, 9.17) is 5.11 Å². The summed E-state index contributed by atoms with van der Waals surface area (Å²) >= 11 is 0. The van der Waals surface area contributed by atoms with Crippen molar-refractivity contribution in [3.63, 3.8) is 0 Å². The van der Waals surface area contributed by atoms with Gasteiger partial charge in [0, 0.05) is 6.07 Å². The highest BCUT2D eigenvalue weighted by molar-refractivity contribution is 5.97. The number of nitrogens with one attached hydrogen (secondary N) is 1. The van der Waals surface area contributed by atoms with E-state index < -0.39 is 45.7 Å². The van der Waals surface area contributed by atoms with Crippen LogP contribution in [0.1, 0.15) is 23.2 Å². The third-order valence-corrected chi connectivity index (χ3v) is 3.14. The summed E-state index contributed by atoms with van der Waals surface area (Å²) in [5.41, 5.74) is -2.21. The molecule has 2 rings (SSSR count). The highest BCUT2D eigenvalue weighted by atomic mass is 19.1. The Morgan fingerprint density at radius 3 is 2.48 bits per heavy atom. The SMILES string of the molecule is O=C(NC(C(=O)O)C1CC1)c1c(F)ccc([N+](=O)[O-])c1F. The summed E-state index contributed by atoms with van der Waals surface area (Å²) in [6.07, 6.45) is 1.16. The lowest BCUT2D eigenvalue weighted by Gasteiger charge is -2.14. The Morgan fingerprint density at radius 2 is 2.00 bits per heavy atom. The molecule has 0 aliphatic heterocycles. The highest BCUT2D eigenvalue weighted by Gasteiger charge is 2.38. The Kier molecular flexibility index (Phi) is 3.83. The second-order valence-electron chi connectivity index (χ2n) is 4.64. The van der Waals surface area contributed by atoms with Crippen LogP contribution in [0, 0.1) is 27.7 Å². The molecule has 112 valence electrons. The zero-order valence-corrected chi connectivity index (χ0v) is 10.5. The van der Waals surface area contributed by atoms with Crippen molar-refractivity contribution >= 4 is 17.6 Å². The van der Waals surface area contributed by atoms with Crippen LogP contribution in [-0.4, -0.2) is 27.9 Å². The summed E-state index contributed by atoms with van der Waals surface area (Å²) in [5.74, 6) is -5.87. The number of nitrogens with zero attached hydrogens (tertiary/aromatic N) is 1. The average Bonchev–Trinajstić information content (AvgIpc) is 3.19. The molecule has 1 fully saturated rings. The largest absolute Gasteiger partial charge is 0.480 e. The zero-order valence-electron chi connectivity index (χ0n) is 10.5. The Balaban J connectivity index is 2.32. The first-order valence-electron chi connectivity index (χ1n) is 5.99. The predicted octanol–water partition coefficient (Wildman–Crippen LogP) is 1.47. The molecule has 21 heavy (non-hydrogen) atoms. The number of rotatable bonds is 5. The van der Waals surface area contributed by atoms with E-state index >= 15 is 0 Å². The minimum absolute atomic E-state index is 0.295. The molecule has 1 aliphatic rings. The van der Waals surface area contributed by atoms with Gasteiger partial charge in [-0.3, -0.25) is 14.9 Å². The smallest absolute Gasteiger partial charge is 0.326 e. The standard InChI is InChI=1S/C12H10F2N2O5/c13-6-3-4-7(16(20)21)9(14)8(6)11(17)15-10(12(18)19)5-1-2-5/h3-5,10H,1-2H2,(H,15,17)(H,18,19). The maximum Gasteiger partial charge on any atom is 0.326 e. The van der Waals surface area contributed by atoms with Crippen molar-refractivity contribution in [2.45, 2.75) is 18.9 Å². The van der Waals surface area contributed by atoms with Crippen LogP contribution < -0.4 is 5.32 Å². The summed E-state index contributed by atoms with van der Waals surface area (Å²) in [6, 6.07) is -0.0874. The van der Waals surface area contributed by atoms with Crippen molar-refractivity contribution in [3.8, 4) is 0 Å². The van der Waals surface area contributed by atoms with Gasteiger partial charge in [0.1, 0.15) is 17.4 Å². The molecule has 0 saturated heterocycles. The van der Waals surface area contributed by atoms with Crippen LogP contribution in [0.4, 0.5) is 14.5 Å². The summed E-state index contributed by atoms with van der Waals surface area (Å²) < 4.78 is 27.4. The monoisotopic (exact) mass is 300 g/mol. The maximum absolute atomic E-state index is 13.8. The molecule has 1 aliphatic carbocycles. The lowest BCUT2D eigenvalue weighted by atomic mass is 10.1. The van der Waals surface area contributed by atoms with Gasteiger partial charge >= 0.3 is 11.7 Å². The van der Waals surface area contributed by atoms with Gasteiger partial charge in [-0.1, -0.05) is 0 Å². The molecule has 0 aromatic heterocycles. The van der Waals surface area contributed by atoms with Gasteiger partial charge in [-0.15, -0.1) is 0 Å². The minimum Gasteiger partial charge on any atom is -0.480 e. The first kappa shape index (κ1) is 14.8. The molecule has 0 radical (unpaired) electrons. The lowest BCUT2D eigenvalue weighted by molar-refractivity contribution is -0.387. The van der Waals surface area contributed by atoms with E-state index in [9.17, 15) is 28.5 Å². The van der Waals surface area contributed by atoms with Gasteiger partial charge in [-0.2, -0.15) is 4.39 Å². The Labute approximate surface area is 116 Å². The number of nitro groups is 1. The number of nitro benzene ring substituents is 1. The molecule has 0 spiro atoms. The molecule has 1 saturated carbocycles. The van der Waals surface area contributed by atoms with Crippen molar-refractivity contribution in [3.05, 3.63) is 39.4 Å². The summed E-state index contributed by atoms with van der Waals surface area (Å²) in [4.78, 5) is 32.3. The number of hydrogen-bond donors (Lipinski definition) is 2. The highest BCUT2D eigenvalue weighted by Crippen LogP contribution is 2.33. The van der Waals surface area contributed by atoms with Gasteiger partial charge in [0.05, 0.1) is 4.92 Å². The van der Waals surface area contributed by atoms with Gasteiger partial charge in [-0.05, 0) is 24.8 Å². The third kappa shape index (κ3) is 2.96. The first-order valence-corrected chi connectivity index (χ1v) is 5.99. The van der Waals surface area contributed by atoms with Gasteiger partial charge < -0.3 is 10.4 Å². The zero-order chi connectivity index (χ0) is 15.7. The maximum atomic E-state index is 13.8. The van der Waals surface area contributed by atoms with E-state index in [0.717, 1.165) is 0 Å². The molecule has 1 atom stereocenters. The number of halogens is 2. The van der Waals surface area contributed by atoms with E-state index in [1.807, 2.05) is 5.32 Å². The molecule has 0 bridgehead atoms. The summed E-state index contributed by atoms with van der Waals surface area (Å²) in [7, 11) is 0. The molecule has 1 aromatic rings. The Morgan fingerprint density at radius 1 is 1.38 bits per heavy atom. The molecular weight excluding hydrogens is 290 g/mol. The Hall–Kier alpha value is -2.58. The molecule has 7 nitrogen and oxygen atoms in total. The van der Waals surface area contributed by atoms with Crippen molar-refractivity contribution in [1.29, 1.82) is 0 Å². The summed E-state index contributed by atoms with van der Waals surface area (Å²) in [6.45, 7) is 0. The number of carbonyl (C=O) groups is 2. The third-order valence-electron chi connectivity index (χ3n) is 3.14. The van der Waals surface area contributed by atoms with Gasteiger partial charge in [0.2, 0.25) is 5.82 Å². The van der Waals surface area contributed by atoms with Crippen LogP contribution in [0.2, 0.25) is 0 Å². The number of benzene rings is 1. The number of carboxylic acids is 1. The molecule has 2 N–H and O–H groups in total. The van der Waals surface area contributed by atoms with E-state index in [0.29, 0.717) is 25.0 Å². The number of hydrogen-bond acceptors (Lipinski definition) is 4. The fourth-order valence-electron chi connectivity index (χ4n) is 1.91. The number of aliphatic carboxylic acids is 1. The van der Waals surface area contributed by atoms with Gasteiger partial charge in [-0.25, -0.2) is 9.18 Å². The molecule has 1 unspecified atom stereocenters. The molecule has 0 heterocycles. The fraction of sp³-hybridized carbons (Fsp3) is 0.333. The minimum atomic E-state index is -1.63. The van der Waals surface area contributed by atoms with Crippen LogP contribution in [0.5, 0.6) is 0 Å². The normalized spacial score (nSPS) is 15.3.